The molecule has 0 aliphatic carbocycles. The summed E-state index contributed by atoms with van der Waals surface area (Å²) in [6.07, 6.45) is 0. The zero-order chi connectivity index (χ0) is 25.2. The number of carboxylic acids is 1. The van der Waals surface area contributed by atoms with E-state index in [4.69, 9.17) is 0 Å². The molecule has 178 valence electrons. The highest BCUT2D eigenvalue weighted by molar-refractivity contribution is 9.10. The van der Waals surface area contributed by atoms with Gasteiger partial charge in [0.05, 0.1) is 16.9 Å². The number of aliphatic hydroxyl groups is 5. The number of halogens is 1. The molecule has 0 atom stereocenters. The van der Waals surface area contributed by atoms with Gasteiger partial charge in [-0.05, 0) is 52.7 Å². The molecular weight excluding hydrogens is 518 g/mol. The van der Waals surface area contributed by atoms with Crippen LogP contribution in [0.3, 0.4) is 0 Å². The second kappa shape index (κ2) is 7.83. The average Bonchev–Trinajstić information content (AvgIpc) is 3.23. The number of nitrogens with zero attached hydrogens (tertiary/aromatic N) is 5. The third-order valence-corrected chi connectivity index (χ3v) is 5.69. The first-order valence-electron chi connectivity index (χ1n) is 9.55. The van der Waals surface area contributed by atoms with Crippen LogP contribution in [0.1, 0.15) is 16.2 Å². The van der Waals surface area contributed by atoms with E-state index in [1.165, 1.54) is 54.9 Å². The monoisotopic (exact) mass is 535 g/mol. The molecule has 34 heavy (non-hydrogen) atoms. The zero-order valence-corrected chi connectivity index (χ0v) is 19.2. The van der Waals surface area contributed by atoms with E-state index in [2.05, 4.69) is 26.0 Å². The molecule has 0 fully saturated rings. The molecule has 1 aromatic carbocycles. The Balaban J connectivity index is 2.01. The number of carbonyl (C=O) groups is 1. The lowest BCUT2D eigenvalue weighted by atomic mass is 10.1. The first kappa shape index (κ1) is 23.7. The van der Waals surface area contributed by atoms with Gasteiger partial charge in [0.15, 0.2) is 5.69 Å². The number of fused-ring (bicyclic) bond motifs is 1. The van der Waals surface area contributed by atoms with E-state index in [1.807, 2.05) is 0 Å². The number of aromatic carboxylic acids is 1. The highest BCUT2D eigenvalue weighted by Gasteiger charge is 2.51. The van der Waals surface area contributed by atoms with Gasteiger partial charge < -0.3 is 30.6 Å². The van der Waals surface area contributed by atoms with Crippen LogP contribution in [0, 0.1) is 6.92 Å². The minimum atomic E-state index is -4.08. The molecule has 0 spiro atoms. The lowest BCUT2D eigenvalue weighted by Gasteiger charge is -2.33. The maximum Gasteiger partial charge on any atom is 0.356 e. The highest BCUT2D eigenvalue weighted by Crippen LogP contribution is 2.37. The fourth-order valence-electron chi connectivity index (χ4n) is 3.64. The Labute approximate surface area is 198 Å². The zero-order valence-electron chi connectivity index (χ0n) is 17.6. The van der Waals surface area contributed by atoms with Gasteiger partial charge in [0.25, 0.3) is 0 Å². The molecule has 3 heterocycles. The van der Waals surface area contributed by atoms with Crippen LogP contribution in [0.25, 0.3) is 27.8 Å². The number of pyridine rings is 1. The number of benzene rings is 1. The molecule has 0 radical (unpaired) electrons. The molecule has 4 aromatic rings. The molecule has 0 saturated heterocycles. The summed E-state index contributed by atoms with van der Waals surface area (Å²) in [5, 5.41) is 63.8. The third-order valence-electron chi connectivity index (χ3n) is 5.18. The summed E-state index contributed by atoms with van der Waals surface area (Å²) in [6.45, 7) is 1.53. The molecule has 0 aliphatic rings. The van der Waals surface area contributed by atoms with Crippen molar-refractivity contribution in [1.29, 1.82) is 0 Å². The van der Waals surface area contributed by atoms with E-state index in [0.29, 0.717) is 15.9 Å². The predicted molar refractivity (Wildman–Crippen MR) is 119 cm³/mol. The van der Waals surface area contributed by atoms with E-state index in [1.54, 1.807) is 0 Å². The van der Waals surface area contributed by atoms with E-state index < -0.39 is 29.2 Å². The van der Waals surface area contributed by atoms with Crippen molar-refractivity contribution in [3.8, 4) is 16.9 Å². The van der Waals surface area contributed by atoms with Gasteiger partial charge in [-0.15, -0.1) is 5.10 Å². The second-order valence-electron chi connectivity index (χ2n) is 7.55. The van der Waals surface area contributed by atoms with Crippen LogP contribution in [-0.2, 0) is 13.0 Å². The summed E-state index contributed by atoms with van der Waals surface area (Å²) in [5.41, 5.74) is -0.568. The molecular formula is C20H18BrN5O8. The Morgan fingerprint density at radius 1 is 1.06 bits per heavy atom. The van der Waals surface area contributed by atoms with Gasteiger partial charge in [0.1, 0.15) is 0 Å². The van der Waals surface area contributed by atoms with E-state index >= 15 is 0 Å². The summed E-state index contributed by atoms with van der Waals surface area (Å²) in [5.74, 6) is -9.39. The Morgan fingerprint density at radius 2 is 1.68 bits per heavy atom. The van der Waals surface area contributed by atoms with Crippen LogP contribution >= 0.6 is 15.9 Å². The smallest absolute Gasteiger partial charge is 0.356 e. The van der Waals surface area contributed by atoms with Crippen molar-refractivity contribution in [2.75, 3.05) is 0 Å². The van der Waals surface area contributed by atoms with Crippen LogP contribution < -0.4 is 5.69 Å². The molecule has 0 aliphatic heterocycles. The van der Waals surface area contributed by atoms with Crippen LogP contribution in [0.4, 0.5) is 0 Å². The second-order valence-corrected chi connectivity index (χ2v) is 8.26. The van der Waals surface area contributed by atoms with Crippen molar-refractivity contribution >= 4 is 32.8 Å². The van der Waals surface area contributed by atoms with Crippen molar-refractivity contribution in [2.24, 2.45) is 7.05 Å². The van der Waals surface area contributed by atoms with Crippen LogP contribution in [-0.4, -0.2) is 66.5 Å². The molecule has 0 saturated carbocycles. The summed E-state index contributed by atoms with van der Waals surface area (Å²) >= 11 is 3.19. The van der Waals surface area contributed by atoms with E-state index in [-0.39, 0.29) is 26.9 Å². The number of hydrogen-bond donors (Lipinski definition) is 6. The van der Waals surface area contributed by atoms with Crippen molar-refractivity contribution in [3.63, 3.8) is 0 Å². The number of rotatable bonds is 5. The standard InChI is InChI=1S/C20H18BrN5O8/c1-9-7-11-8-13(10-3-5-12(6-4-10)25-17(21)23-24(2)18(25)29)26(19(30,31)20(32,33)34)15(11)14(22-9)16(27)28/h3-8,30-34H,1-2H3,(H,27,28). The molecule has 0 bridgehead atoms. The van der Waals surface area contributed by atoms with Gasteiger partial charge in [-0.3, -0.25) is 4.57 Å². The summed E-state index contributed by atoms with van der Waals surface area (Å²) in [4.78, 5) is 28.0. The maximum atomic E-state index is 12.3. The third kappa shape index (κ3) is 3.62. The first-order chi connectivity index (χ1) is 15.7. The highest BCUT2D eigenvalue weighted by atomic mass is 79.9. The van der Waals surface area contributed by atoms with Gasteiger partial charge in [-0.1, -0.05) is 12.1 Å². The average molecular weight is 536 g/mol. The van der Waals surface area contributed by atoms with Gasteiger partial charge >= 0.3 is 23.5 Å². The van der Waals surface area contributed by atoms with Crippen LogP contribution in [0.5, 0.6) is 0 Å². The quantitative estimate of drug-likeness (QED) is 0.182. The van der Waals surface area contributed by atoms with Crippen LogP contribution in [0.2, 0.25) is 0 Å². The Morgan fingerprint density at radius 3 is 2.18 bits per heavy atom. The number of carboxylic acid groups (broad SMARTS) is 1. The Kier molecular flexibility index (Phi) is 5.47. The molecule has 0 unspecified atom stereocenters. The van der Waals surface area contributed by atoms with E-state index in [9.17, 15) is 40.2 Å². The SMILES string of the molecule is Cc1cc2cc(-c3ccc(-n4c(Br)nn(C)c4=O)cc3)n(C(O)(O)C(O)(O)O)c2c(C(=O)O)n1. The Hall–Kier alpha value is -3.40. The predicted octanol–water partition coefficient (Wildman–Crippen LogP) is -0.418. The number of hydrogen-bond acceptors (Lipinski definition) is 9. The number of aromatic nitrogens is 5. The summed E-state index contributed by atoms with van der Waals surface area (Å²) in [7, 11) is 1.47. The van der Waals surface area contributed by atoms with Crippen LogP contribution in [0.15, 0.2) is 45.9 Å². The maximum absolute atomic E-state index is 12.3. The van der Waals surface area contributed by atoms with Gasteiger partial charge in [-0.2, -0.15) is 0 Å². The minimum absolute atomic E-state index is 0.0967. The van der Waals surface area contributed by atoms with E-state index in [0.717, 1.165) is 4.68 Å². The molecule has 6 N–H and O–H groups in total. The van der Waals surface area contributed by atoms with Gasteiger partial charge in [0, 0.05) is 18.1 Å². The van der Waals surface area contributed by atoms with Crippen molar-refractivity contribution in [1.82, 2.24) is 23.9 Å². The summed E-state index contributed by atoms with van der Waals surface area (Å²) < 4.78 is 3.08. The molecule has 4 rings (SSSR count). The summed E-state index contributed by atoms with van der Waals surface area (Å²) in [6, 6.07) is 8.77. The number of aryl methyl sites for hydroxylation is 2. The van der Waals surface area contributed by atoms with Gasteiger partial charge in [-0.25, -0.2) is 23.8 Å². The largest absolute Gasteiger partial charge is 0.476 e. The van der Waals surface area contributed by atoms with Gasteiger partial charge in [0.2, 0.25) is 4.73 Å². The molecule has 13 nitrogen and oxygen atoms in total. The topological polar surface area (TPSA) is 196 Å². The van der Waals surface area contributed by atoms with Crippen molar-refractivity contribution in [3.05, 3.63) is 63.0 Å². The fourth-order valence-corrected chi connectivity index (χ4v) is 4.23. The van der Waals surface area contributed by atoms with Crippen molar-refractivity contribution in [2.45, 2.75) is 18.8 Å². The minimum Gasteiger partial charge on any atom is -0.476 e. The Bertz CT molecular complexity index is 1490. The fraction of sp³-hybridized carbons (Fsp3) is 0.200. The first-order valence-corrected chi connectivity index (χ1v) is 10.3. The molecule has 14 heteroatoms. The lowest BCUT2D eigenvalue weighted by molar-refractivity contribution is -0.479. The molecule has 3 aromatic heterocycles. The van der Waals surface area contributed by atoms with Crippen molar-refractivity contribution < 1.29 is 35.4 Å². The normalized spacial score (nSPS) is 12.5. The lowest BCUT2D eigenvalue weighted by Crippen LogP contribution is -2.56. The molecule has 0 amide bonds.